The largest absolute Gasteiger partial charge is 0.339 e. The Labute approximate surface area is 151 Å². The maximum atomic E-state index is 12.4. The zero-order valence-corrected chi connectivity index (χ0v) is 15.2. The first-order chi connectivity index (χ1) is 12.1. The number of hydrogen-bond acceptors (Lipinski definition) is 5. The Bertz CT molecular complexity index is 799. The van der Waals surface area contributed by atoms with Crippen LogP contribution in [0.15, 0.2) is 52.4 Å². The van der Waals surface area contributed by atoms with Gasteiger partial charge in [0.2, 0.25) is 17.6 Å². The SMILES string of the molecule is CC(c1cccs1)N(C)C(=O)CCCc1nc(-c2ccccc2)no1. The van der Waals surface area contributed by atoms with Crippen LogP contribution in [0.5, 0.6) is 0 Å². The van der Waals surface area contributed by atoms with Crippen LogP contribution >= 0.6 is 11.3 Å². The molecule has 25 heavy (non-hydrogen) atoms. The van der Waals surface area contributed by atoms with E-state index < -0.39 is 0 Å². The zero-order chi connectivity index (χ0) is 17.6. The fourth-order valence-corrected chi connectivity index (χ4v) is 3.39. The van der Waals surface area contributed by atoms with Crippen molar-refractivity contribution in [2.75, 3.05) is 7.05 Å². The van der Waals surface area contributed by atoms with E-state index >= 15 is 0 Å². The first kappa shape index (κ1) is 17.4. The Hall–Kier alpha value is -2.47. The van der Waals surface area contributed by atoms with Crippen molar-refractivity contribution in [3.8, 4) is 11.4 Å². The summed E-state index contributed by atoms with van der Waals surface area (Å²) in [7, 11) is 1.85. The maximum absolute atomic E-state index is 12.4. The smallest absolute Gasteiger partial charge is 0.226 e. The molecule has 0 spiro atoms. The topological polar surface area (TPSA) is 59.2 Å². The normalized spacial score (nSPS) is 12.1. The first-order valence-electron chi connectivity index (χ1n) is 8.32. The molecule has 0 aliphatic rings. The van der Waals surface area contributed by atoms with E-state index in [9.17, 15) is 4.79 Å². The molecule has 1 atom stereocenters. The number of carbonyl (C=O) groups is 1. The molecular weight excluding hydrogens is 334 g/mol. The van der Waals surface area contributed by atoms with Gasteiger partial charge in [0.1, 0.15) is 0 Å². The predicted molar refractivity (Wildman–Crippen MR) is 98.2 cm³/mol. The minimum absolute atomic E-state index is 0.0978. The third kappa shape index (κ3) is 4.33. The van der Waals surface area contributed by atoms with Crippen molar-refractivity contribution in [1.29, 1.82) is 0 Å². The van der Waals surface area contributed by atoms with Crippen molar-refractivity contribution < 1.29 is 9.32 Å². The number of aromatic nitrogens is 2. The number of rotatable bonds is 7. The number of hydrogen-bond donors (Lipinski definition) is 0. The Morgan fingerprint density at radius 2 is 2.04 bits per heavy atom. The highest BCUT2D eigenvalue weighted by atomic mass is 32.1. The van der Waals surface area contributed by atoms with Crippen LogP contribution in [0.4, 0.5) is 0 Å². The summed E-state index contributed by atoms with van der Waals surface area (Å²) in [5.41, 5.74) is 0.929. The summed E-state index contributed by atoms with van der Waals surface area (Å²) in [6, 6.07) is 13.9. The molecule has 0 aliphatic heterocycles. The van der Waals surface area contributed by atoms with Crippen LogP contribution in [0, 0.1) is 0 Å². The molecule has 0 saturated heterocycles. The summed E-state index contributed by atoms with van der Waals surface area (Å²) in [5, 5.41) is 6.03. The van der Waals surface area contributed by atoms with E-state index in [0.29, 0.717) is 31.0 Å². The van der Waals surface area contributed by atoms with Gasteiger partial charge in [-0.1, -0.05) is 41.6 Å². The van der Waals surface area contributed by atoms with Crippen molar-refractivity contribution >= 4 is 17.2 Å². The average Bonchev–Trinajstić information content (AvgIpc) is 3.33. The number of benzene rings is 1. The van der Waals surface area contributed by atoms with Crippen molar-refractivity contribution in [2.45, 2.75) is 32.2 Å². The lowest BCUT2D eigenvalue weighted by Crippen LogP contribution is -2.29. The molecule has 3 rings (SSSR count). The predicted octanol–water partition coefficient (Wildman–Crippen LogP) is 4.34. The van der Waals surface area contributed by atoms with Crippen molar-refractivity contribution in [1.82, 2.24) is 15.0 Å². The molecule has 1 unspecified atom stereocenters. The molecule has 5 nitrogen and oxygen atoms in total. The monoisotopic (exact) mass is 355 g/mol. The minimum Gasteiger partial charge on any atom is -0.339 e. The average molecular weight is 355 g/mol. The van der Waals surface area contributed by atoms with Gasteiger partial charge in [-0.25, -0.2) is 0 Å². The fraction of sp³-hybridized carbons (Fsp3) is 0.316. The van der Waals surface area contributed by atoms with E-state index in [1.165, 1.54) is 4.88 Å². The molecule has 3 aromatic rings. The minimum atomic E-state index is 0.0978. The van der Waals surface area contributed by atoms with Crippen molar-refractivity contribution in [3.63, 3.8) is 0 Å². The summed E-state index contributed by atoms with van der Waals surface area (Å²) < 4.78 is 5.28. The third-order valence-electron chi connectivity index (χ3n) is 4.21. The van der Waals surface area contributed by atoms with Crippen molar-refractivity contribution in [2.24, 2.45) is 0 Å². The van der Waals surface area contributed by atoms with Gasteiger partial charge < -0.3 is 9.42 Å². The van der Waals surface area contributed by atoms with Gasteiger partial charge in [0.05, 0.1) is 6.04 Å². The molecule has 2 aromatic heterocycles. The van der Waals surface area contributed by atoms with E-state index in [0.717, 1.165) is 5.56 Å². The highest BCUT2D eigenvalue weighted by Crippen LogP contribution is 2.24. The third-order valence-corrected chi connectivity index (χ3v) is 5.25. The molecular formula is C19H21N3O2S. The Kier molecular flexibility index (Phi) is 5.60. The highest BCUT2D eigenvalue weighted by molar-refractivity contribution is 7.10. The molecule has 130 valence electrons. The van der Waals surface area contributed by atoms with Gasteiger partial charge >= 0.3 is 0 Å². The second-order valence-electron chi connectivity index (χ2n) is 5.93. The summed E-state index contributed by atoms with van der Waals surface area (Å²) in [6.07, 6.45) is 1.76. The molecule has 1 aromatic carbocycles. The summed E-state index contributed by atoms with van der Waals surface area (Å²) in [5.74, 6) is 1.29. The van der Waals surface area contributed by atoms with E-state index in [1.54, 1.807) is 16.2 Å². The van der Waals surface area contributed by atoms with Gasteiger partial charge in [-0.3, -0.25) is 4.79 Å². The van der Waals surface area contributed by atoms with E-state index in [2.05, 4.69) is 16.2 Å². The zero-order valence-electron chi connectivity index (χ0n) is 14.4. The maximum Gasteiger partial charge on any atom is 0.226 e. The van der Waals surface area contributed by atoms with Crippen LogP contribution in [-0.4, -0.2) is 28.0 Å². The number of thiophene rings is 1. The van der Waals surface area contributed by atoms with Crippen LogP contribution in [0.25, 0.3) is 11.4 Å². The molecule has 0 bridgehead atoms. The van der Waals surface area contributed by atoms with Crippen LogP contribution in [0.1, 0.15) is 36.6 Å². The number of aryl methyl sites for hydroxylation is 1. The second kappa shape index (κ2) is 8.07. The van der Waals surface area contributed by atoms with E-state index in [-0.39, 0.29) is 11.9 Å². The second-order valence-corrected chi connectivity index (χ2v) is 6.91. The molecule has 0 fully saturated rings. The van der Waals surface area contributed by atoms with Crippen LogP contribution in [-0.2, 0) is 11.2 Å². The lowest BCUT2D eigenvalue weighted by molar-refractivity contribution is -0.131. The lowest BCUT2D eigenvalue weighted by Gasteiger charge is -2.24. The molecule has 2 heterocycles. The van der Waals surface area contributed by atoms with Gasteiger partial charge in [-0.15, -0.1) is 11.3 Å². The number of nitrogens with zero attached hydrogens (tertiary/aromatic N) is 3. The summed E-state index contributed by atoms with van der Waals surface area (Å²) in [4.78, 5) is 19.8. The van der Waals surface area contributed by atoms with Gasteiger partial charge in [-0.2, -0.15) is 4.98 Å². The van der Waals surface area contributed by atoms with Crippen molar-refractivity contribution in [3.05, 3.63) is 58.6 Å². The summed E-state index contributed by atoms with van der Waals surface area (Å²) >= 11 is 1.67. The molecule has 6 heteroatoms. The van der Waals surface area contributed by atoms with Gasteiger partial charge in [0, 0.05) is 30.3 Å². The Balaban J connectivity index is 1.49. The van der Waals surface area contributed by atoms with Gasteiger partial charge in [0.25, 0.3) is 0 Å². The van der Waals surface area contributed by atoms with Crippen LogP contribution < -0.4 is 0 Å². The van der Waals surface area contributed by atoms with Crippen LogP contribution in [0.3, 0.4) is 0 Å². The summed E-state index contributed by atoms with van der Waals surface area (Å²) in [6.45, 7) is 2.05. The number of carbonyl (C=O) groups excluding carboxylic acids is 1. The molecule has 0 saturated carbocycles. The molecule has 0 aliphatic carbocycles. The molecule has 0 N–H and O–H groups in total. The number of amides is 1. The van der Waals surface area contributed by atoms with Gasteiger partial charge in [0.15, 0.2) is 0 Å². The van der Waals surface area contributed by atoms with Gasteiger partial charge in [-0.05, 0) is 24.8 Å². The molecule has 1 amide bonds. The molecule has 0 radical (unpaired) electrons. The van der Waals surface area contributed by atoms with E-state index in [4.69, 9.17) is 4.52 Å². The standard InChI is InChI=1S/C19H21N3O2S/c1-14(16-10-7-13-25-16)22(2)18(23)12-6-11-17-20-19(21-24-17)15-8-4-3-5-9-15/h3-5,7-10,13-14H,6,11-12H2,1-2H3. The Morgan fingerprint density at radius 1 is 1.24 bits per heavy atom. The Morgan fingerprint density at radius 3 is 2.76 bits per heavy atom. The first-order valence-corrected chi connectivity index (χ1v) is 9.20. The van der Waals surface area contributed by atoms with Crippen LogP contribution in [0.2, 0.25) is 0 Å². The van der Waals surface area contributed by atoms with E-state index in [1.807, 2.05) is 55.7 Å². The quantitative estimate of drug-likeness (QED) is 0.632. The highest BCUT2D eigenvalue weighted by Gasteiger charge is 2.18. The lowest BCUT2D eigenvalue weighted by atomic mass is 10.2. The fourth-order valence-electron chi connectivity index (χ4n) is 2.56.